The van der Waals surface area contributed by atoms with Crippen molar-refractivity contribution < 1.29 is 13.0 Å². The third kappa shape index (κ3) is 7.51. The van der Waals surface area contributed by atoms with E-state index in [-0.39, 0.29) is 10.0 Å². The number of hydrazone groups is 2. The SMILES string of the molecule is CNC(=S)N/N=C(C)/C(C)=N/NC(=S)Nc1ccc(S(=O)(=O)O)cc1. The molecule has 5 N–H and O–H groups in total. The minimum atomic E-state index is -4.22. The summed E-state index contributed by atoms with van der Waals surface area (Å²) in [4.78, 5) is -0.204. The first kappa shape index (κ1) is 20.9. The van der Waals surface area contributed by atoms with E-state index >= 15 is 0 Å². The fourth-order valence-corrected chi connectivity index (χ4v) is 2.05. The molecule has 0 saturated heterocycles. The molecule has 0 unspecified atom stereocenters. The fraction of sp³-hybridized carbons (Fsp3) is 0.231. The van der Waals surface area contributed by atoms with Gasteiger partial charge < -0.3 is 10.6 Å². The van der Waals surface area contributed by atoms with E-state index in [4.69, 9.17) is 29.0 Å². The highest BCUT2D eigenvalue weighted by Gasteiger charge is 2.08. The van der Waals surface area contributed by atoms with E-state index in [1.54, 1.807) is 20.9 Å². The van der Waals surface area contributed by atoms with E-state index in [2.05, 4.69) is 31.7 Å². The maximum absolute atomic E-state index is 11.0. The van der Waals surface area contributed by atoms with Crippen molar-refractivity contribution in [3.05, 3.63) is 24.3 Å². The molecule has 0 amide bonds. The highest BCUT2D eigenvalue weighted by atomic mass is 32.2. The van der Waals surface area contributed by atoms with Gasteiger partial charge in [0.05, 0.1) is 16.3 Å². The summed E-state index contributed by atoms with van der Waals surface area (Å²) in [7, 11) is -2.55. The van der Waals surface area contributed by atoms with Crippen LogP contribution < -0.4 is 21.5 Å². The zero-order valence-electron chi connectivity index (χ0n) is 13.7. The van der Waals surface area contributed by atoms with Crippen LogP contribution in [0.5, 0.6) is 0 Å². The smallest absolute Gasteiger partial charge is 0.294 e. The molecule has 0 fully saturated rings. The maximum atomic E-state index is 11.0. The summed E-state index contributed by atoms with van der Waals surface area (Å²) in [5.41, 5.74) is 7.00. The second kappa shape index (κ2) is 9.36. The van der Waals surface area contributed by atoms with Crippen molar-refractivity contribution in [2.75, 3.05) is 12.4 Å². The van der Waals surface area contributed by atoms with Crippen molar-refractivity contribution in [3.63, 3.8) is 0 Å². The van der Waals surface area contributed by atoms with Gasteiger partial charge >= 0.3 is 0 Å². The number of hydrogen-bond acceptors (Lipinski definition) is 6. The van der Waals surface area contributed by atoms with Gasteiger partial charge in [0.15, 0.2) is 10.2 Å². The first-order chi connectivity index (χ1) is 11.6. The number of rotatable bonds is 5. The van der Waals surface area contributed by atoms with E-state index in [0.717, 1.165) is 0 Å². The molecule has 0 heterocycles. The van der Waals surface area contributed by atoms with Crippen molar-refractivity contribution in [1.29, 1.82) is 0 Å². The van der Waals surface area contributed by atoms with E-state index < -0.39 is 10.1 Å². The number of nitrogens with one attached hydrogen (secondary N) is 4. The molecular weight excluding hydrogens is 384 g/mol. The van der Waals surface area contributed by atoms with Crippen LogP contribution in [-0.2, 0) is 10.1 Å². The number of anilines is 1. The zero-order valence-corrected chi connectivity index (χ0v) is 16.1. The molecule has 1 rings (SSSR count). The molecule has 0 bridgehead atoms. The molecule has 12 heteroatoms. The molecule has 1 aromatic carbocycles. The van der Waals surface area contributed by atoms with Crippen LogP contribution in [0, 0.1) is 0 Å². The Morgan fingerprint density at radius 3 is 1.92 bits per heavy atom. The highest BCUT2D eigenvalue weighted by molar-refractivity contribution is 7.85. The molecule has 0 aromatic heterocycles. The second-order valence-electron chi connectivity index (χ2n) is 4.65. The molecule has 0 atom stereocenters. The summed E-state index contributed by atoms with van der Waals surface area (Å²) in [6.07, 6.45) is 0. The minimum absolute atomic E-state index is 0.200. The van der Waals surface area contributed by atoms with Crippen LogP contribution in [0.1, 0.15) is 13.8 Å². The van der Waals surface area contributed by atoms with Crippen molar-refractivity contribution in [1.82, 2.24) is 16.2 Å². The zero-order chi connectivity index (χ0) is 19.0. The lowest BCUT2D eigenvalue weighted by atomic mass is 10.3. The van der Waals surface area contributed by atoms with Crippen molar-refractivity contribution in [2.24, 2.45) is 10.2 Å². The first-order valence-corrected chi connectivity index (χ1v) is 9.10. The summed E-state index contributed by atoms with van der Waals surface area (Å²) in [6.45, 7) is 3.48. The van der Waals surface area contributed by atoms with Gasteiger partial charge in [-0.15, -0.1) is 0 Å². The Labute approximate surface area is 156 Å². The van der Waals surface area contributed by atoms with Crippen molar-refractivity contribution in [3.8, 4) is 0 Å². The summed E-state index contributed by atoms with van der Waals surface area (Å²) in [5, 5.41) is 14.2. The van der Waals surface area contributed by atoms with Crippen LogP contribution in [0.2, 0.25) is 0 Å². The van der Waals surface area contributed by atoms with E-state index in [1.165, 1.54) is 24.3 Å². The molecule has 0 spiro atoms. The summed E-state index contributed by atoms with van der Waals surface area (Å²) >= 11 is 9.99. The standard InChI is InChI=1S/C13H18N6O3S3/c1-8(16-18-12(23)14-3)9(2)17-19-13(24)15-10-4-6-11(7-5-10)25(20,21)22/h4-7H,1-3H3,(H2,14,18,23)(H2,15,19,24)(H,20,21,22)/b16-8+,17-9+. The lowest BCUT2D eigenvalue weighted by Crippen LogP contribution is -2.30. The number of nitrogens with zero attached hydrogens (tertiary/aromatic N) is 2. The Balaban J connectivity index is 2.63. The summed E-state index contributed by atoms with van der Waals surface area (Å²) < 4.78 is 30.9. The van der Waals surface area contributed by atoms with Gasteiger partial charge in [0.1, 0.15) is 0 Å². The molecule has 9 nitrogen and oxygen atoms in total. The topological polar surface area (TPSA) is 127 Å². The average Bonchev–Trinajstić information content (AvgIpc) is 2.56. The second-order valence-corrected chi connectivity index (χ2v) is 6.89. The predicted octanol–water partition coefficient (Wildman–Crippen LogP) is 1.07. The molecule has 1 aromatic rings. The number of hydrogen-bond donors (Lipinski definition) is 5. The van der Waals surface area contributed by atoms with Gasteiger partial charge in [-0.1, -0.05) is 0 Å². The number of benzene rings is 1. The lowest BCUT2D eigenvalue weighted by molar-refractivity contribution is 0.483. The third-order valence-electron chi connectivity index (χ3n) is 2.81. The normalized spacial score (nSPS) is 12.3. The van der Waals surface area contributed by atoms with Gasteiger partial charge in [0, 0.05) is 12.7 Å². The molecule has 0 saturated carbocycles. The lowest BCUT2D eigenvalue weighted by Gasteiger charge is -2.08. The van der Waals surface area contributed by atoms with Gasteiger partial charge in [-0.05, 0) is 62.5 Å². The first-order valence-electron chi connectivity index (χ1n) is 6.84. The molecule has 0 aliphatic carbocycles. The van der Waals surface area contributed by atoms with Crippen LogP contribution in [0.3, 0.4) is 0 Å². The van der Waals surface area contributed by atoms with Gasteiger partial charge in [-0.2, -0.15) is 18.6 Å². The molecule has 0 aliphatic heterocycles. The Hall–Kier alpha value is -2.15. The highest BCUT2D eigenvalue weighted by Crippen LogP contribution is 2.13. The Bertz CT molecular complexity index is 803. The average molecular weight is 403 g/mol. The minimum Gasteiger partial charge on any atom is -0.364 e. The fourth-order valence-electron chi connectivity index (χ4n) is 1.36. The van der Waals surface area contributed by atoms with E-state index in [1.807, 2.05) is 0 Å². The van der Waals surface area contributed by atoms with Crippen molar-refractivity contribution >= 4 is 61.9 Å². The molecule has 25 heavy (non-hydrogen) atoms. The van der Waals surface area contributed by atoms with E-state index in [9.17, 15) is 8.42 Å². The van der Waals surface area contributed by atoms with Gasteiger partial charge in [0.2, 0.25) is 0 Å². The Kier molecular flexibility index (Phi) is 7.83. The van der Waals surface area contributed by atoms with Gasteiger partial charge in [-0.3, -0.25) is 15.4 Å². The number of thiocarbonyl (C=S) groups is 2. The Morgan fingerprint density at radius 2 is 1.48 bits per heavy atom. The van der Waals surface area contributed by atoms with Gasteiger partial charge in [-0.25, -0.2) is 0 Å². The molecule has 0 aliphatic rings. The van der Waals surface area contributed by atoms with Crippen LogP contribution in [0.15, 0.2) is 39.4 Å². The monoisotopic (exact) mass is 402 g/mol. The quantitative estimate of drug-likeness (QED) is 0.213. The van der Waals surface area contributed by atoms with Crippen LogP contribution in [-0.4, -0.2) is 41.7 Å². The maximum Gasteiger partial charge on any atom is 0.294 e. The summed E-state index contributed by atoms with van der Waals surface area (Å²) in [5.74, 6) is 0. The molecular formula is C13H18N6O3S3. The molecule has 0 radical (unpaired) electrons. The molecule has 136 valence electrons. The largest absolute Gasteiger partial charge is 0.364 e. The van der Waals surface area contributed by atoms with Crippen LogP contribution in [0.4, 0.5) is 5.69 Å². The van der Waals surface area contributed by atoms with Crippen LogP contribution >= 0.6 is 24.4 Å². The van der Waals surface area contributed by atoms with Gasteiger partial charge in [0.25, 0.3) is 10.1 Å². The Morgan fingerprint density at radius 1 is 1.00 bits per heavy atom. The third-order valence-corrected chi connectivity index (χ3v) is 4.17. The van der Waals surface area contributed by atoms with Crippen molar-refractivity contribution in [2.45, 2.75) is 18.7 Å². The predicted molar refractivity (Wildman–Crippen MR) is 107 cm³/mol. The van der Waals surface area contributed by atoms with Crippen LogP contribution in [0.25, 0.3) is 0 Å². The van der Waals surface area contributed by atoms with E-state index in [0.29, 0.717) is 22.2 Å². The summed E-state index contributed by atoms with van der Waals surface area (Å²) in [6, 6.07) is 5.43.